The average Bonchev–Trinajstić information content (AvgIpc) is 3.38. The van der Waals surface area contributed by atoms with Gasteiger partial charge in [0.2, 0.25) is 0 Å². The van der Waals surface area contributed by atoms with E-state index in [-0.39, 0.29) is 17.6 Å². The van der Waals surface area contributed by atoms with Crippen LogP contribution in [0, 0.1) is 18.8 Å². The minimum absolute atomic E-state index is 0.0310. The van der Waals surface area contributed by atoms with E-state index in [0.717, 1.165) is 16.0 Å². The summed E-state index contributed by atoms with van der Waals surface area (Å²) in [7, 11) is 0. The number of aliphatic carboxylic acids is 1. The third kappa shape index (κ3) is 7.04. The van der Waals surface area contributed by atoms with Crippen molar-refractivity contribution in [3.8, 4) is 11.5 Å². The summed E-state index contributed by atoms with van der Waals surface area (Å²) in [5.41, 5.74) is 1.20. The number of benzene rings is 3. The molecule has 4 rings (SSSR count). The molecule has 8 heteroatoms. The van der Waals surface area contributed by atoms with Crippen LogP contribution in [0.3, 0.4) is 0 Å². The van der Waals surface area contributed by atoms with Gasteiger partial charge >= 0.3 is 12.1 Å². The van der Waals surface area contributed by atoms with Gasteiger partial charge in [-0.3, -0.25) is 4.79 Å². The standard InChI is InChI=1S/C32H35NO6S/c1-21-18-22(11-17-28(21)39-32(2,3)30(35)36)10-12-24-19-33(31(37)38-25-8-6-5-7-9-25)20-27(24)29(34)23-13-15-26(40-4)16-14-23/h5-9,11,13-18,24,27H,10,12,19-20H2,1-4H3,(H,35,36). The lowest BCUT2D eigenvalue weighted by molar-refractivity contribution is -0.152. The highest BCUT2D eigenvalue weighted by Gasteiger charge is 2.40. The van der Waals surface area contributed by atoms with E-state index in [2.05, 4.69) is 0 Å². The molecule has 0 aliphatic carbocycles. The second-order valence-corrected chi connectivity index (χ2v) is 11.5. The summed E-state index contributed by atoms with van der Waals surface area (Å²) in [6, 6.07) is 22.2. The monoisotopic (exact) mass is 561 g/mol. The fraction of sp³-hybridized carbons (Fsp3) is 0.344. The van der Waals surface area contributed by atoms with E-state index >= 15 is 0 Å². The zero-order chi connectivity index (χ0) is 28.9. The molecule has 3 aromatic rings. The SMILES string of the molecule is CSc1ccc(C(=O)C2CN(C(=O)Oc3ccccc3)CC2CCc2ccc(OC(C)(C)C(=O)O)c(C)c2)cc1. The largest absolute Gasteiger partial charge is 0.478 e. The van der Waals surface area contributed by atoms with Crippen LogP contribution in [0.25, 0.3) is 0 Å². The number of rotatable bonds is 10. The van der Waals surface area contributed by atoms with Crippen LogP contribution in [0.5, 0.6) is 11.5 Å². The summed E-state index contributed by atoms with van der Waals surface area (Å²) in [6.45, 7) is 5.65. The van der Waals surface area contributed by atoms with Crippen LogP contribution in [-0.2, 0) is 11.2 Å². The highest BCUT2D eigenvalue weighted by molar-refractivity contribution is 7.98. The number of para-hydroxylation sites is 1. The number of nitrogens with zero attached hydrogens (tertiary/aromatic N) is 1. The van der Waals surface area contributed by atoms with Crippen molar-refractivity contribution < 1.29 is 29.0 Å². The first-order valence-corrected chi connectivity index (χ1v) is 14.5. The molecule has 0 spiro atoms. The zero-order valence-electron chi connectivity index (χ0n) is 23.3. The molecule has 1 saturated heterocycles. The van der Waals surface area contributed by atoms with Crippen LogP contribution in [0.4, 0.5) is 4.79 Å². The van der Waals surface area contributed by atoms with Crippen molar-refractivity contribution in [2.45, 2.75) is 44.1 Å². The number of ketones is 1. The molecule has 0 bridgehead atoms. The topological polar surface area (TPSA) is 93.1 Å². The number of thioether (sulfide) groups is 1. The van der Waals surface area contributed by atoms with E-state index in [4.69, 9.17) is 9.47 Å². The number of carbonyl (C=O) groups excluding carboxylic acids is 2. The summed E-state index contributed by atoms with van der Waals surface area (Å²) in [5, 5.41) is 9.38. The number of Topliss-reactive ketones (excluding diaryl/α,β-unsaturated/α-hetero) is 1. The van der Waals surface area contributed by atoms with Crippen molar-refractivity contribution in [1.29, 1.82) is 0 Å². The fourth-order valence-corrected chi connectivity index (χ4v) is 5.29. The Hall–Kier alpha value is -3.78. The van der Waals surface area contributed by atoms with Gasteiger partial charge in [0.15, 0.2) is 11.4 Å². The molecule has 0 aromatic heterocycles. The molecule has 0 saturated carbocycles. The Balaban J connectivity index is 1.49. The third-order valence-electron chi connectivity index (χ3n) is 7.28. The lowest BCUT2D eigenvalue weighted by Gasteiger charge is -2.23. The van der Waals surface area contributed by atoms with Crippen LogP contribution in [-0.4, -0.2) is 52.8 Å². The van der Waals surface area contributed by atoms with Gasteiger partial charge in [0.1, 0.15) is 11.5 Å². The summed E-state index contributed by atoms with van der Waals surface area (Å²) in [5.74, 6) is -0.402. The van der Waals surface area contributed by atoms with Gasteiger partial charge in [0.25, 0.3) is 0 Å². The molecule has 40 heavy (non-hydrogen) atoms. The highest BCUT2D eigenvalue weighted by atomic mass is 32.2. The Morgan fingerprint density at radius 2 is 1.70 bits per heavy atom. The number of aryl methyl sites for hydroxylation is 2. The van der Waals surface area contributed by atoms with Gasteiger partial charge in [-0.1, -0.05) is 42.5 Å². The van der Waals surface area contributed by atoms with E-state index in [1.165, 1.54) is 13.8 Å². The van der Waals surface area contributed by atoms with Crippen LogP contribution in [0.2, 0.25) is 0 Å². The van der Waals surface area contributed by atoms with E-state index < -0.39 is 17.7 Å². The smallest absolute Gasteiger partial charge is 0.415 e. The molecular formula is C32H35NO6S. The van der Waals surface area contributed by atoms with E-state index in [9.17, 15) is 19.5 Å². The number of carboxylic acid groups (broad SMARTS) is 1. The second-order valence-electron chi connectivity index (χ2n) is 10.6. The van der Waals surface area contributed by atoms with Crippen LogP contribution in [0.15, 0.2) is 77.7 Å². The van der Waals surface area contributed by atoms with E-state index in [1.807, 2.05) is 55.6 Å². The van der Waals surface area contributed by atoms with Crippen molar-refractivity contribution >= 4 is 29.6 Å². The minimum atomic E-state index is -1.34. The van der Waals surface area contributed by atoms with E-state index in [1.54, 1.807) is 47.0 Å². The van der Waals surface area contributed by atoms with Crippen LogP contribution < -0.4 is 9.47 Å². The van der Waals surface area contributed by atoms with Gasteiger partial charge in [-0.25, -0.2) is 9.59 Å². The number of hydrogen-bond donors (Lipinski definition) is 1. The maximum absolute atomic E-state index is 13.6. The first-order valence-electron chi connectivity index (χ1n) is 13.3. The van der Waals surface area contributed by atoms with Gasteiger partial charge in [-0.2, -0.15) is 0 Å². The number of hydrogen-bond acceptors (Lipinski definition) is 6. The lowest BCUT2D eigenvalue weighted by Crippen LogP contribution is -2.38. The molecule has 1 amide bonds. The summed E-state index contributed by atoms with van der Waals surface area (Å²) in [6.07, 6.45) is 2.94. The predicted molar refractivity (Wildman–Crippen MR) is 155 cm³/mol. The number of carboxylic acids is 1. The Bertz CT molecular complexity index is 1360. The predicted octanol–water partition coefficient (Wildman–Crippen LogP) is 6.52. The molecule has 210 valence electrons. The normalized spacial score (nSPS) is 16.9. The van der Waals surface area contributed by atoms with Crippen LogP contribution in [0.1, 0.15) is 41.8 Å². The van der Waals surface area contributed by atoms with Gasteiger partial charge in [-0.15, -0.1) is 11.8 Å². The van der Waals surface area contributed by atoms with Gasteiger partial charge < -0.3 is 19.5 Å². The van der Waals surface area contributed by atoms with Gasteiger partial charge in [-0.05, 0) is 87.2 Å². The maximum atomic E-state index is 13.6. The fourth-order valence-electron chi connectivity index (χ4n) is 4.89. The van der Waals surface area contributed by atoms with Gasteiger partial charge in [0, 0.05) is 29.5 Å². The molecule has 1 heterocycles. The minimum Gasteiger partial charge on any atom is -0.478 e. The first kappa shape index (κ1) is 29.2. The maximum Gasteiger partial charge on any atom is 0.415 e. The number of likely N-dealkylation sites (tertiary alicyclic amines) is 1. The summed E-state index contributed by atoms with van der Waals surface area (Å²) >= 11 is 1.62. The highest BCUT2D eigenvalue weighted by Crippen LogP contribution is 2.33. The number of ether oxygens (including phenoxy) is 2. The molecular weight excluding hydrogens is 526 g/mol. The second kappa shape index (κ2) is 12.6. The van der Waals surface area contributed by atoms with Crippen molar-refractivity contribution in [2.24, 2.45) is 11.8 Å². The molecule has 0 radical (unpaired) electrons. The van der Waals surface area contributed by atoms with Crippen LogP contribution >= 0.6 is 11.8 Å². The number of carbonyl (C=O) groups is 3. The molecule has 1 aliphatic rings. The number of amides is 1. The lowest BCUT2D eigenvalue weighted by atomic mass is 9.84. The molecule has 1 aliphatic heterocycles. The molecule has 7 nitrogen and oxygen atoms in total. The molecule has 1 fully saturated rings. The molecule has 1 N–H and O–H groups in total. The Morgan fingerprint density at radius 3 is 2.33 bits per heavy atom. The molecule has 2 atom stereocenters. The molecule has 2 unspecified atom stereocenters. The summed E-state index contributed by atoms with van der Waals surface area (Å²) < 4.78 is 11.3. The molecule has 3 aromatic carbocycles. The third-order valence-corrected chi connectivity index (χ3v) is 8.03. The Kier molecular flexibility index (Phi) is 9.20. The average molecular weight is 562 g/mol. The van der Waals surface area contributed by atoms with Crippen molar-refractivity contribution in [1.82, 2.24) is 4.90 Å². The summed E-state index contributed by atoms with van der Waals surface area (Å²) in [4.78, 5) is 40.8. The Labute approximate surface area is 239 Å². The quantitative estimate of drug-likeness (QED) is 0.222. The van der Waals surface area contributed by atoms with Crippen molar-refractivity contribution in [3.63, 3.8) is 0 Å². The Morgan fingerprint density at radius 1 is 1.00 bits per heavy atom. The van der Waals surface area contributed by atoms with Crippen molar-refractivity contribution in [3.05, 3.63) is 89.5 Å². The zero-order valence-corrected chi connectivity index (χ0v) is 24.1. The van der Waals surface area contributed by atoms with Crippen molar-refractivity contribution in [2.75, 3.05) is 19.3 Å². The van der Waals surface area contributed by atoms with Gasteiger partial charge in [0.05, 0.1) is 0 Å². The van der Waals surface area contributed by atoms with E-state index in [0.29, 0.717) is 43.0 Å². The first-order chi connectivity index (χ1) is 19.1.